The van der Waals surface area contributed by atoms with Crippen molar-refractivity contribution in [1.82, 2.24) is 9.80 Å². The van der Waals surface area contributed by atoms with Crippen molar-refractivity contribution in [3.05, 3.63) is 65.7 Å². The molecule has 4 nitrogen and oxygen atoms in total. The third-order valence-electron chi connectivity index (χ3n) is 5.59. The Labute approximate surface area is 178 Å². The molecule has 0 saturated heterocycles. The minimum Gasteiger partial charge on any atom is -0.342 e. The van der Waals surface area contributed by atoms with Gasteiger partial charge in [0.1, 0.15) is 0 Å². The second kappa shape index (κ2) is 10.5. The molecule has 0 heterocycles. The highest BCUT2D eigenvalue weighted by atomic mass is 32.2. The molecule has 1 aliphatic rings. The van der Waals surface area contributed by atoms with Crippen LogP contribution in [-0.4, -0.2) is 47.5 Å². The molecule has 0 aliphatic heterocycles. The van der Waals surface area contributed by atoms with Crippen LogP contribution in [0.1, 0.15) is 48.0 Å². The minimum atomic E-state index is -0.0231. The Hall–Kier alpha value is -2.27. The first kappa shape index (κ1) is 21.4. The molecule has 5 heteroatoms. The maximum absolute atomic E-state index is 13.0. The lowest BCUT2D eigenvalue weighted by Crippen LogP contribution is -2.39. The molecule has 1 fully saturated rings. The third kappa shape index (κ3) is 5.86. The maximum Gasteiger partial charge on any atom is 0.255 e. The van der Waals surface area contributed by atoms with Crippen molar-refractivity contribution in [3.8, 4) is 0 Å². The molecule has 0 spiro atoms. The molecule has 0 aromatic heterocycles. The molecule has 0 N–H and O–H groups in total. The van der Waals surface area contributed by atoms with Crippen molar-refractivity contribution in [3.63, 3.8) is 0 Å². The van der Waals surface area contributed by atoms with Gasteiger partial charge in [-0.15, -0.1) is 11.8 Å². The van der Waals surface area contributed by atoms with Gasteiger partial charge in [0, 0.05) is 31.6 Å². The quantitative estimate of drug-likeness (QED) is 0.613. The monoisotopic (exact) mass is 410 g/mol. The molecule has 0 radical (unpaired) electrons. The van der Waals surface area contributed by atoms with Crippen LogP contribution in [0.5, 0.6) is 0 Å². The van der Waals surface area contributed by atoms with E-state index in [2.05, 4.69) is 0 Å². The normalized spacial score (nSPS) is 14.4. The smallest absolute Gasteiger partial charge is 0.255 e. The van der Waals surface area contributed by atoms with E-state index >= 15 is 0 Å². The van der Waals surface area contributed by atoms with Gasteiger partial charge in [0.15, 0.2) is 0 Å². The Morgan fingerprint density at radius 1 is 0.931 bits per heavy atom. The first-order chi connectivity index (χ1) is 14.1. The Balaban J connectivity index is 1.62. The summed E-state index contributed by atoms with van der Waals surface area (Å²) in [6.45, 7) is 0.558. The van der Waals surface area contributed by atoms with Crippen LogP contribution >= 0.6 is 11.8 Å². The van der Waals surface area contributed by atoms with Crippen molar-refractivity contribution in [2.75, 3.05) is 19.8 Å². The Kier molecular flexibility index (Phi) is 7.76. The number of rotatable bonds is 7. The number of amides is 2. The van der Waals surface area contributed by atoms with Gasteiger partial charge in [-0.1, -0.05) is 61.7 Å². The van der Waals surface area contributed by atoms with Gasteiger partial charge in [-0.2, -0.15) is 0 Å². The number of hydrogen-bond donors (Lipinski definition) is 0. The van der Waals surface area contributed by atoms with Crippen LogP contribution in [0.15, 0.2) is 59.5 Å². The number of benzene rings is 2. The standard InChI is InChI=1S/C24H30N2O2S/c1-25(17-19-11-5-3-6-12-19)24(28)21-15-9-10-16-22(21)29-18-23(27)26(2)20-13-7-4-8-14-20/h3,5-6,9-12,15-16,20H,4,7-8,13-14,17-18H2,1-2H3. The van der Waals surface area contributed by atoms with Crippen molar-refractivity contribution in [2.24, 2.45) is 0 Å². The van der Waals surface area contributed by atoms with Crippen molar-refractivity contribution in [1.29, 1.82) is 0 Å². The first-order valence-electron chi connectivity index (χ1n) is 10.3. The van der Waals surface area contributed by atoms with Crippen LogP contribution in [0.2, 0.25) is 0 Å². The lowest BCUT2D eigenvalue weighted by atomic mass is 9.94. The molecule has 2 aromatic carbocycles. The molecule has 0 bridgehead atoms. The fourth-order valence-electron chi connectivity index (χ4n) is 3.82. The second-order valence-corrected chi connectivity index (χ2v) is 8.75. The topological polar surface area (TPSA) is 40.6 Å². The average molecular weight is 411 g/mol. The molecule has 2 amide bonds. The molecule has 1 saturated carbocycles. The van der Waals surface area contributed by atoms with E-state index < -0.39 is 0 Å². The zero-order valence-corrected chi connectivity index (χ0v) is 18.2. The van der Waals surface area contributed by atoms with Crippen LogP contribution < -0.4 is 0 Å². The summed E-state index contributed by atoms with van der Waals surface area (Å²) in [7, 11) is 3.74. The zero-order valence-electron chi connectivity index (χ0n) is 17.3. The highest BCUT2D eigenvalue weighted by molar-refractivity contribution is 8.00. The van der Waals surface area contributed by atoms with Gasteiger partial charge in [0.25, 0.3) is 5.91 Å². The molecule has 0 atom stereocenters. The fourth-order valence-corrected chi connectivity index (χ4v) is 4.79. The zero-order chi connectivity index (χ0) is 20.6. The van der Waals surface area contributed by atoms with Gasteiger partial charge < -0.3 is 9.80 Å². The van der Waals surface area contributed by atoms with Crippen molar-refractivity contribution < 1.29 is 9.59 Å². The van der Waals surface area contributed by atoms with E-state index in [1.165, 1.54) is 31.0 Å². The number of thioether (sulfide) groups is 1. The molecular weight excluding hydrogens is 380 g/mol. The summed E-state index contributed by atoms with van der Waals surface area (Å²) in [5, 5.41) is 0. The molecule has 2 aromatic rings. The Morgan fingerprint density at radius 2 is 1.59 bits per heavy atom. The summed E-state index contributed by atoms with van der Waals surface area (Å²) in [5.74, 6) is 0.478. The first-order valence-corrected chi connectivity index (χ1v) is 11.3. The van der Waals surface area contributed by atoms with E-state index in [9.17, 15) is 9.59 Å². The largest absolute Gasteiger partial charge is 0.342 e. The predicted octanol–water partition coefficient (Wildman–Crippen LogP) is 4.84. The number of nitrogens with zero attached hydrogens (tertiary/aromatic N) is 2. The molecule has 1 aliphatic carbocycles. The van der Waals surface area contributed by atoms with Crippen LogP contribution in [0.3, 0.4) is 0 Å². The lowest BCUT2D eigenvalue weighted by Gasteiger charge is -2.31. The predicted molar refractivity (Wildman–Crippen MR) is 119 cm³/mol. The van der Waals surface area contributed by atoms with Gasteiger partial charge in [-0.25, -0.2) is 0 Å². The number of carbonyl (C=O) groups excluding carboxylic acids is 2. The van der Waals surface area contributed by atoms with E-state index in [-0.39, 0.29) is 11.8 Å². The summed E-state index contributed by atoms with van der Waals surface area (Å²) in [5.41, 5.74) is 1.75. The molecule has 3 rings (SSSR count). The number of carbonyl (C=O) groups is 2. The van der Waals surface area contributed by atoms with Gasteiger partial charge in [0.2, 0.25) is 5.91 Å². The van der Waals surface area contributed by atoms with Gasteiger partial charge in [-0.3, -0.25) is 9.59 Å². The molecule has 29 heavy (non-hydrogen) atoms. The summed E-state index contributed by atoms with van der Waals surface area (Å²) >= 11 is 1.46. The average Bonchev–Trinajstić information content (AvgIpc) is 2.78. The van der Waals surface area contributed by atoms with E-state index in [4.69, 9.17) is 0 Å². The summed E-state index contributed by atoms with van der Waals surface area (Å²) in [6, 6.07) is 17.9. The highest BCUT2D eigenvalue weighted by Gasteiger charge is 2.23. The lowest BCUT2D eigenvalue weighted by molar-refractivity contribution is -0.129. The van der Waals surface area contributed by atoms with Crippen LogP contribution in [-0.2, 0) is 11.3 Å². The van der Waals surface area contributed by atoms with Gasteiger partial charge in [-0.05, 0) is 30.5 Å². The summed E-state index contributed by atoms with van der Waals surface area (Å²) in [4.78, 5) is 30.2. The van der Waals surface area contributed by atoms with Crippen LogP contribution in [0.4, 0.5) is 0 Å². The molecular formula is C24H30N2O2S. The van der Waals surface area contributed by atoms with E-state index in [1.807, 2.05) is 73.6 Å². The Morgan fingerprint density at radius 3 is 2.31 bits per heavy atom. The second-order valence-electron chi connectivity index (χ2n) is 7.73. The fraction of sp³-hybridized carbons (Fsp3) is 0.417. The highest BCUT2D eigenvalue weighted by Crippen LogP contribution is 2.26. The Bertz CT molecular complexity index is 819. The van der Waals surface area contributed by atoms with Crippen LogP contribution in [0.25, 0.3) is 0 Å². The summed E-state index contributed by atoms with van der Waals surface area (Å²) in [6.07, 6.45) is 5.90. The van der Waals surface area contributed by atoms with Crippen molar-refractivity contribution in [2.45, 2.75) is 49.6 Å². The van der Waals surface area contributed by atoms with Gasteiger partial charge >= 0.3 is 0 Å². The van der Waals surface area contributed by atoms with E-state index in [0.29, 0.717) is 23.9 Å². The maximum atomic E-state index is 13.0. The van der Waals surface area contributed by atoms with Gasteiger partial charge in [0.05, 0.1) is 11.3 Å². The number of hydrogen-bond acceptors (Lipinski definition) is 3. The van der Waals surface area contributed by atoms with E-state index in [0.717, 1.165) is 23.3 Å². The minimum absolute atomic E-state index is 0.0231. The summed E-state index contributed by atoms with van der Waals surface area (Å²) < 4.78 is 0. The molecule has 154 valence electrons. The third-order valence-corrected chi connectivity index (χ3v) is 6.65. The van der Waals surface area contributed by atoms with E-state index in [1.54, 1.807) is 4.90 Å². The van der Waals surface area contributed by atoms with Crippen molar-refractivity contribution >= 4 is 23.6 Å². The molecule has 0 unspecified atom stereocenters. The van der Waals surface area contributed by atoms with Crippen LogP contribution in [0, 0.1) is 0 Å². The SMILES string of the molecule is CN(Cc1ccccc1)C(=O)c1ccccc1SCC(=O)N(C)C1CCCCC1.